The Morgan fingerprint density at radius 1 is 1.00 bits per heavy atom. The van der Waals surface area contributed by atoms with Gasteiger partial charge in [-0.15, -0.1) is 12.4 Å². The van der Waals surface area contributed by atoms with E-state index in [1.807, 2.05) is 20.8 Å². The number of nitrogens with zero attached hydrogens (tertiary/aromatic N) is 2. The number of aliphatic imine (C=N–C) groups is 1. The number of likely N-dealkylation sites (tertiary alicyclic amines) is 1. The lowest BCUT2D eigenvalue weighted by molar-refractivity contribution is 0.285. The molecule has 184 valence electrons. The highest BCUT2D eigenvalue weighted by Crippen LogP contribution is 2.26. The van der Waals surface area contributed by atoms with Gasteiger partial charge in [-0.25, -0.2) is 0 Å². The van der Waals surface area contributed by atoms with Crippen molar-refractivity contribution < 1.29 is 0 Å². The van der Waals surface area contributed by atoms with E-state index in [0.717, 1.165) is 24.3 Å². The van der Waals surface area contributed by atoms with E-state index in [1.165, 1.54) is 74.0 Å². The number of allylic oxidation sites excluding steroid dienone is 9. The minimum Gasteiger partial charge on any atom is -0.375 e. The van der Waals surface area contributed by atoms with Crippen LogP contribution in [0.2, 0.25) is 0 Å². The lowest BCUT2D eigenvalue weighted by Crippen LogP contribution is -2.27. The van der Waals surface area contributed by atoms with Gasteiger partial charge in [0.25, 0.3) is 0 Å². The van der Waals surface area contributed by atoms with Crippen LogP contribution in [0.1, 0.15) is 107 Å². The first-order chi connectivity index (χ1) is 14.9. The molecule has 1 heterocycles. The number of hydrogen-bond acceptors (Lipinski definition) is 2. The van der Waals surface area contributed by atoms with E-state index in [0.29, 0.717) is 0 Å². The maximum absolute atomic E-state index is 4.55. The molecule has 0 atom stereocenters. The van der Waals surface area contributed by atoms with E-state index in [4.69, 9.17) is 0 Å². The Morgan fingerprint density at radius 3 is 2.12 bits per heavy atom. The van der Waals surface area contributed by atoms with Gasteiger partial charge in [-0.3, -0.25) is 4.99 Å². The van der Waals surface area contributed by atoms with Crippen LogP contribution >= 0.6 is 12.4 Å². The minimum absolute atomic E-state index is 0. The van der Waals surface area contributed by atoms with E-state index in [2.05, 4.69) is 75.4 Å². The molecule has 2 aliphatic rings. The molecule has 1 aliphatic carbocycles. The van der Waals surface area contributed by atoms with Crippen molar-refractivity contribution in [2.24, 2.45) is 4.99 Å². The van der Waals surface area contributed by atoms with Gasteiger partial charge in [-0.05, 0) is 95.8 Å². The van der Waals surface area contributed by atoms with E-state index < -0.39 is 0 Å². The largest absolute Gasteiger partial charge is 0.375 e. The van der Waals surface area contributed by atoms with E-state index in [9.17, 15) is 0 Å². The van der Waals surface area contributed by atoms with Gasteiger partial charge in [0, 0.05) is 30.2 Å². The van der Waals surface area contributed by atoms with Crippen LogP contribution in [0.5, 0.6) is 0 Å². The molecule has 0 bridgehead atoms. The van der Waals surface area contributed by atoms with Crippen LogP contribution in [0.4, 0.5) is 0 Å². The van der Waals surface area contributed by atoms with Crippen LogP contribution < -0.4 is 0 Å². The molecule has 1 aliphatic heterocycles. The fraction of sp³-hybridized carbons (Fsp3) is 0.621. The summed E-state index contributed by atoms with van der Waals surface area (Å²) < 4.78 is 0. The molecule has 1 saturated heterocycles. The van der Waals surface area contributed by atoms with E-state index >= 15 is 0 Å². The Hall–Kier alpha value is -1.54. The summed E-state index contributed by atoms with van der Waals surface area (Å²) >= 11 is 0. The van der Waals surface area contributed by atoms with Gasteiger partial charge in [0.15, 0.2) is 0 Å². The van der Waals surface area contributed by atoms with E-state index in [-0.39, 0.29) is 12.4 Å². The summed E-state index contributed by atoms with van der Waals surface area (Å²) in [6.45, 7) is 23.2. The van der Waals surface area contributed by atoms with Crippen molar-refractivity contribution in [3.05, 3.63) is 59.0 Å². The first kappa shape index (κ1) is 32.6. The van der Waals surface area contributed by atoms with Gasteiger partial charge in [-0.2, -0.15) is 0 Å². The zero-order chi connectivity index (χ0) is 23.6. The SMILES string of the molecule is C/C=C(/C)N1CCCCC1.C=C(C)N=C(C)/C(CC)=C(\CC)C1=CCCCC=C1.CC.Cl. The molecule has 0 radical (unpaired) electrons. The summed E-state index contributed by atoms with van der Waals surface area (Å²) in [6.07, 6.45) is 19.1. The van der Waals surface area contributed by atoms with Crippen LogP contribution in [0.15, 0.2) is 64.0 Å². The molecule has 0 aromatic heterocycles. The average molecular weight is 463 g/mol. The summed E-state index contributed by atoms with van der Waals surface area (Å²) in [4.78, 5) is 7.02. The van der Waals surface area contributed by atoms with Crippen LogP contribution in [-0.4, -0.2) is 23.7 Å². The van der Waals surface area contributed by atoms with Crippen molar-refractivity contribution in [2.45, 2.75) is 107 Å². The molecule has 0 aromatic rings. The fourth-order valence-electron chi connectivity index (χ4n) is 4.06. The normalized spacial score (nSPS) is 17.4. The molecule has 2 rings (SSSR count). The topological polar surface area (TPSA) is 15.6 Å². The van der Waals surface area contributed by atoms with Crippen LogP contribution in [0, 0.1) is 0 Å². The number of piperidine rings is 1. The Balaban J connectivity index is 0. The van der Waals surface area contributed by atoms with Crippen LogP contribution in [-0.2, 0) is 0 Å². The van der Waals surface area contributed by atoms with Gasteiger partial charge in [-0.1, -0.05) is 58.6 Å². The van der Waals surface area contributed by atoms with Crippen LogP contribution in [0.25, 0.3) is 0 Å². The summed E-state index contributed by atoms with van der Waals surface area (Å²) in [5.41, 5.74) is 7.66. The van der Waals surface area contributed by atoms with Crippen molar-refractivity contribution in [1.29, 1.82) is 0 Å². The fourth-order valence-corrected chi connectivity index (χ4v) is 4.06. The molecule has 0 saturated carbocycles. The predicted molar refractivity (Wildman–Crippen MR) is 150 cm³/mol. The second kappa shape index (κ2) is 20.1. The zero-order valence-corrected chi connectivity index (χ0v) is 23.2. The van der Waals surface area contributed by atoms with Gasteiger partial charge in [0.1, 0.15) is 0 Å². The highest BCUT2D eigenvalue weighted by atomic mass is 35.5. The lowest BCUT2D eigenvalue weighted by atomic mass is 9.92. The van der Waals surface area contributed by atoms with Crippen molar-refractivity contribution in [1.82, 2.24) is 4.90 Å². The molecular weight excluding hydrogens is 412 g/mol. The van der Waals surface area contributed by atoms with Crippen molar-refractivity contribution >= 4 is 18.1 Å². The third-order valence-electron chi connectivity index (χ3n) is 5.72. The average Bonchev–Trinajstić information content (AvgIpc) is 3.08. The molecule has 0 N–H and O–H groups in total. The standard InChI is InChI=1S/C18H27N.C9H17N.C2H6.ClH/c1-6-17(15(5)19-14(3)4)18(7-2)16-12-10-8-9-11-13-16;1-3-9(2)10-7-5-4-6-8-10;1-2;/h10,12-13H,3,6-9,11H2,1-2,4-5H3;3H,4-8H2,1-2H3;1-2H3;1H/b18-17+,19-15?;9-3-;;. The third kappa shape index (κ3) is 12.5. The van der Waals surface area contributed by atoms with Gasteiger partial charge in [0.2, 0.25) is 0 Å². The molecule has 0 amide bonds. The van der Waals surface area contributed by atoms with Crippen molar-refractivity contribution in [3.63, 3.8) is 0 Å². The smallest absolute Gasteiger partial charge is 0.0410 e. The monoisotopic (exact) mass is 462 g/mol. The molecule has 0 spiro atoms. The quantitative estimate of drug-likeness (QED) is 0.358. The molecule has 3 heteroatoms. The van der Waals surface area contributed by atoms with Gasteiger partial charge >= 0.3 is 0 Å². The Labute approximate surface area is 206 Å². The molecule has 2 nitrogen and oxygen atoms in total. The Bertz CT molecular complexity index is 671. The maximum Gasteiger partial charge on any atom is 0.0410 e. The summed E-state index contributed by atoms with van der Waals surface area (Å²) in [6, 6.07) is 0. The number of rotatable bonds is 6. The van der Waals surface area contributed by atoms with Gasteiger partial charge < -0.3 is 4.90 Å². The predicted octanol–water partition coefficient (Wildman–Crippen LogP) is 9.61. The summed E-state index contributed by atoms with van der Waals surface area (Å²) in [5, 5.41) is 0. The number of hydrogen-bond donors (Lipinski definition) is 0. The molecule has 0 unspecified atom stereocenters. The first-order valence-corrected chi connectivity index (χ1v) is 12.6. The summed E-state index contributed by atoms with van der Waals surface area (Å²) in [5.74, 6) is 0. The number of halogens is 1. The van der Waals surface area contributed by atoms with Crippen molar-refractivity contribution in [3.8, 4) is 0 Å². The molecular formula is C29H51ClN2. The third-order valence-corrected chi connectivity index (χ3v) is 5.72. The lowest BCUT2D eigenvalue weighted by Gasteiger charge is -2.29. The zero-order valence-electron chi connectivity index (χ0n) is 22.4. The maximum atomic E-state index is 4.55. The van der Waals surface area contributed by atoms with Crippen LogP contribution in [0.3, 0.4) is 0 Å². The molecule has 32 heavy (non-hydrogen) atoms. The first-order valence-electron chi connectivity index (χ1n) is 12.6. The van der Waals surface area contributed by atoms with Gasteiger partial charge in [0.05, 0.1) is 0 Å². The second-order valence-electron chi connectivity index (χ2n) is 8.07. The Morgan fingerprint density at radius 2 is 1.62 bits per heavy atom. The molecule has 1 fully saturated rings. The Kier molecular flexibility index (Phi) is 20.5. The highest BCUT2D eigenvalue weighted by molar-refractivity contribution is 6.00. The highest BCUT2D eigenvalue weighted by Gasteiger charge is 2.11. The molecule has 0 aromatic carbocycles. The minimum atomic E-state index is 0. The van der Waals surface area contributed by atoms with Crippen molar-refractivity contribution in [2.75, 3.05) is 13.1 Å². The second-order valence-corrected chi connectivity index (χ2v) is 8.07. The van der Waals surface area contributed by atoms with E-state index in [1.54, 1.807) is 0 Å². The summed E-state index contributed by atoms with van der Waals surface area (Å²) in [7, 11) is 0.